The summed E-state index contributed by atoms with van der Waals surface area (Å²) in [5, 5.41) is 3.27. The predicted molar refractivity (Wildman–Crippen MR) is 82.7 cm³/mol. The number of ether oxygens (including phenoxy) is 1. The van der Waals surface area contributed by atoms with E-state index in [0.29, 0.717) is 18.7 Å². The molecule has 0 radical (unpaired) electrons. The van der Waals surface area contributed by atoms with Crippen molar-refractivity contribution in [1.82, 2.24) is 10.0 Å². The number of piperidine rings is 1. The van der Waals surface area contributed by atoms with Crippen molar-refractivity contribution < 1.29 is 17.5 Å². The van der Waals surface area contributed by atoms with E-state index in [-0.39, 0.29) is 10.3 Å². The van der Waals surface area contributed by atoms with Gasteiger partial charge < -0.3 is 10.1 Å². The van der Waals surface area contributed by atoms with Crippen LogP contribution < -0.4 is 10.0 Å². The Labute approximate surface area is 131 Å². The molecule has 0 saturated carbocycles. The molecule has 22 heavy (non-hydrogen) atoms. The molecule has 2 rings (SSSR count). The van der Waals surface area contributed by atoms with E-state index in [9.17, 15) is 12.8 Å². The summed E-state index contributed by atoms with van der Waals surface area (Å²) >= 11 is 0. The standard InChI is InChI=1S/C15H23FN2O3S/c1-12-9-13(16)3-4-14(12)22(19,20)18-10-15(11-21-2)5-7-17-8-6-15/h3-4,9,17-18H,5-8,10-11H2,1-2H3. The largest absolute Gasteiger partial charge is 0.384 e. The second kappa shape index (κ2) is 7.04. The SMILES string of the molecule is COCC1(CNS(=O)(=O)c2ccc(F)cc2C)CCNCC1. The first-order chi connectivity index (χ1) is 10.4. The highest BCUT2D eigenvalue weighted by Gasteiger charge is 2.33. The molecule has 0 bridgehead atoms. The third-order valence-corrected chi connectivity index (χ3v) is 5.74. The van der Waals surface area contributed by atoms with Gasteiger partial charge in [-0.3, -0.25) is 0 Å². The fraction of sp³-hybridized carbons (Fsp3) is 0.600. The van der Waals surface area contributed by atoms with Crippen molar-refractivity contribution in [2.24, 2.45) is 5.41 Å². The van der Waals surface area contributed by atoms with Crippen LogP contribution in [0.25, 0.3) is 0 Å². The lowest BCUT2D eigenvalue weighted by Gasteiger charge is -2.37. The van der Waals surface area contributed by atoms with Crippen LogP contribution in [0.3, 0.4) is 0 Å². The summed E-state index contributed by atoms with van der Waals surface area (Å²) in [5.74, 6) is -0.439. The molecule has 7 heteroatoms. The van der Waals surface area contributed by atoms with E-state index in [4.69, 9.17) is 4.74 Å². The molecular formula is C15H23FN2O3S. The number of sulfonamides is 1. The molecule has 1 aliphatic rings. The maximum atomic E-state index is 13.1. The number of methoxy groups -OCH3 is 1. The number of halogens is 1. The van der Waals surface area contributed by atoms with E-state index in [1.807, 2.05) is 0 Å². The first-order valence-electron chi connectivity index (χ1n) is 7.34. The Balaban J connectivity index is 2.14. The molecule has 2 N–H and O–H groups in total. The Morgan fingerprint density at radius 1 is 1.36 bits per heavy atom. The normalized spacial score (nSPS) is 18.3. The molecule has 1 aromatic carbocycles. The summed E-state index contributed by atoms with van der Waals surface area (Å²) in [7, 11) is -2.03. The molecule has 1 heterocycles. The molecule has 0 spiro atoms. The average molecular weight is 330 g/mol. The van der Waals surface area contributed by atoms with Crippen molar-refractivity contribution in [3.63, 3.8) is 0 Å². The molecule has 0 amide bonds. The van der Waals surface area contributed by atoms with Gasteiger partial charge in [0.05, 0.1) is 11.5 Å². The number of benzene rings is 1. The quantitative estimate of drug-likeness (QED) is 0.828. The van der Waals surface area contributed by atoms with Crippen molar-refractivity contribution in [3.8, 4) is 0 Å². The van der Waals surface area contributed by atoms with Gasteiger partial charge in [0, 0.05) is 19.1 Å². The van der Waals surface area contributed by atoms with Crippen molar-refractivity contribution in [2.45, 2.75) is 24.7 Å². The Morgan fingerprint density at radius 2 is 2.05 bits per heavy atom. The van der Waals surface area contributed by atoms with Crippen LogP contribution >= 0.6 is 0 Å². The lowest BCUT2D eigenvalue weighted by atomic mass is 9.80. The van der Waals surface area contributed by atoms with Crippen molar-refractivity contribution in [2.75, 3.05) is 33.4 Å². The zero-order chi connectivity index (χ0) is 16.2. The first-order valence-corrected chi connectivity index (χ1v) is 8.82. The second-order valence-corrected chi connectivity index (χ2v) is 7.65. The number of hydrogen-bond acceptors (Lipinski definition) is 4. The van der Waals surface area contributed by atoms with E-state index in [1.165, 1.54) is 12.1 Å². The summed E-state index contributed by atoms with van der Waals surface area (Å²) in [4.78, 5) is 0.121. The molecule has 5 nitrogen and oxygen atoms in total. The van der Waals surface area contributed by atoms with Crippen molar-refractivity contribution in [1.29, 1.82) is 0 Å². The van der Waals surface area contributed by atoms with Gasteiger partial charge in [-0.05, 0) is 56.6 Å². The molecule has 1 aliphatic heterocycles. The lowest BCUT2D eigenvalue weighted by molar-refractivity contribution is 0.0577. The summed E-state index contributed by atoms with van der Waals surface area (Å²) in [6.07, 6.45) is 1.71. The van der Waals surface area contributed by atoms with Crippen LogP contribution in [0.5, 0.6) is 0 Å². The van der Waals surface area contributed by atoms with Gasteiger partial charge in [-0.1, -0.05) is 0 Å². The molecule has 0 aromatic heterocycles. The Hall–Kier alpha value is -1.02. The van der Waals surface area contributed by atoms with Crippen LogP contribution in [0.4, 0.5) is 4.39 Å². The molecule has 1 saturated heterocycles. The minimum Gasteiger partial charge on any atom is -0.384 e. The number of rotatable bonds is 6. The van der Waals surface area contributed by atoms with Crippen LogP contribution in [0.1, 0.15) is 18.4 Å². The lowest BCUT2D eigenvalue weighted by Crippen LogP contribution is -2.47. The summed E-state index contributed by atoms with van der Waals surface area (Å²) in [6.45, 7) is 4.12. The number of aryl methyl sites for hydroxylation is 1. The topological polar surface area (TPSA) is 67.4 Å². The maximum Gasteiger partial charge on any atom is 0.240 e. The number of nitrogens with one attached hydrogen (secondary N) is 2. The highest BCUT2D eigenvalue weighted by atomic mass is 32.2. The molecule has 1 fully saturated rings. The van der Waals surface area contributed by atoms with Gasteiger partial charge in [0.2, 0.25) is 10.0 Å². The molecule has 1 aromatic rings. The minimum atomic E-state index is -3.66. The highest BCUT2D eigenvalue weighted by Crippen LogP contribution is 2.29. The highest BCUT2D eigenvalue weighted by molar-refractivity contribution is 7.89. The smallest absolute Gasteiger partial charge is 0.240 e. The molecule has 0 aliphatic carbocycles. The van der Waals surface area contributed by atoms with E-state index in [1.54, 1.807) is 14.0 Å². The van der Waals surface area contributed by atoms with Gasteiger partial charge in [-0.25, -0.2) is 17.5 Å². The van der Waals surface area contributed by atoms with Crippen molar-refractivity contribution >= 4 is 10.0 Å². The Bertz CT molecular complexity index is 608. The monoisotopic (exact) mass is 330 g/mol. The third kappa shape index (κ3) is 4.04. The van der Waals surface area contributed by atoms with Gasteiger partial charge in [-0.2, -0.15) is 0 Å². The fourth-order valence-electron chi connectivity index (χ4n) is 2.88. The summed E-state index contributed by atoms with van der Waals surface area (Å²) in [5.41, 5.74) is 0.208. The fourth-order valence-corrected chi connectivity index (χ4v) is 4.26. The van der Waals surface area contributed by atoms with Crippen LogP contribution in [-0.4, -0.2) is 41.8 Å². The molecular weight excluding hydrogens is 307 g/mol. The first kappa shape index (κ1) is 17.3. The van der Waals surface area contributed by atoms with Crippen LogP contribution in [0.15, 0.2) is 23.1 Å². The van der Waals surface area contributed by atoms with Gasteiger partial charge in [0.1, 0.15) is 5.82 Å². The molecule has 0 atom stereocenters. The van der Waals surface area contributed by atoms with Gasteiger partial charge in [-0.15, -0.1) is 0 Å². The minimum absolute atomic E-state index is 0.121. The summed E-state index contributed by atoms with van der Waals surface area (Å²) in [6, 6.07) is 3.69. The van der Waals surface area contributed by atoms with E-state index >= 15 is 0 Å². The average Bonchev–Trinajstić information content (AvgIpc) is 2.46. The predicted octanol–water partition coefficient (Wildman–Crippen LogP) is 1.43. The maximum absolute atomic E-state index is 13.1. The van der Waals surface area contributed by atoms with Crippen LogP contribution in [0, 0.1) is 18.2 Å². The van der Waals surface area contributed by atoms with Crippen LogP contribution in [0.2, 0.25) is 0 Å². The Kier molecular flexibility index (Phi) is 5.55. The number of hydrogen-bond donors (Lipinski definition) is 2. The van der Waals surface area contributed by atoms with Crippen molar-refractivity contribution in [3.05, 3.63) is 29.6 Å². The van der Waals surface area contributed by atoms with Crippen LogP contribution in [-0.2, 0) is 14.8 Å². The van der Waals surface area contributed by atoms with Gasteiger partial charge >= 0.3 is 0 Å². The second-order valence-electron chi connectivity index (χ2n) is 5.92. The third-order valence-electron chi connectivity index (χ3n) is 4.18. The van der Waals surface area contributed by atoms with E-state index < -0.39 is 15.8 Å². The van der Waals surface area contributed by atoms with Gasteiger partial charge in [0.15, 0.2) is 0 Å². The summed E-state index contributed by atoms with van der Waals surface area (Å²) < 4.78 is 46.0. The zero-order valence-corrected chi connectivity index (χ0v) is 13.8. The molecule has 0 unspecified atom stereocenters. The zero-order valence-electron chi connectivity index (χ0n) is 13.0. The Morgan fingerprint density at radius 3 is 2.64 bits per heavy atom. The molecule has 124 valence electrons. The van der Waals surface area contributed by atoms with E-state index in [0.717, 1.165) is 32.0 Å². The van der Waals surface area contributed by atoms with E-state index in [2.05, 4.69) is 10.0 Å². The van der Waals surface area contributed by atoms with Gasteiger partial charge in [0.25, 0.3) is 0 Å².